The lowest BCUT2D eigenvalue weighted by molar-refractivity contribution is 0.656. The number of benzene rings is 1. The SMILES string of the molecule is C=CCn1c(C)c(C)n2c3c(=O)n(Cc4ccc(Cl)c(Cl)c4)c(=O)n(C)c3nc12. The van der Waals surface area contributed by atoms with Crippen LogP contribution in [0.4, 0.5) is 0 Å². The third-order valence-corrected chi connectivity index (χ3v) is 6.01. The van der Waals surface area contributed by atoms with Crippen LogP contribution in [0.15, 0.2) is 40.4 Å². The number of hydrogen-bond donors (Lipinski definition) is 0. The Kier molecular flexibility index (Phi) is 4.67. The lowest BCUT2D eigenvalue weighted by Crippen LogP contribution is -2.39. The van der Waals surface area contributed by atoms with Crippen molar-refractivity contribution in [1.29, 1.82) is 0 Å². The van der Waals surface area contributed by atoms with E-state index in [2.05, 4.69) is 11.6 Å². The van der Waals surface area contributed by atoms with Crippen LogP contribution in [0.25, 0.3) is 16.9 Å². The third kappa shape index (κ3) is 2.84. The monoisotopic (exact) mass is 431 g/mol. The number of fused-ring (bicyclic) bond motifs is 3. The predicted molar refractivity (Wildman–Crippen MR) is 115 cm³/mol. The highest BCUT2D eigenvalue weighted by molar-refractivity contribution is 6.42. The molecule has 150 valence electrons. The maximum Gasteiger partial charge on any atom is 0.332 e. The van der Waals surface area contributed by atoms with E-state index in [0.717, 1.165) is 11.4 Å². The van der Waals surface area contributed by atoms with Gasteiger partial charge < -0.3 is 4.57 Å². The van der Waals surface area contributed by atoms with Crippen molar-refractivity contribution in [3.63, 3.8) is 0 Å². The van der Waals surface area contributed by atoms with E-state index in [-0.39, 0.29) is 6.54 Å². The van der Waals surface area contributed by atoms with Gasteiger partial charge in [-0.25, -0.2) is 4.79 Å². The molecule has 0 aliphatic heterocycles. The first kappa shape index (κ1) is 19.5. The van der Waals surface area contributed by atoms with Crippen LogP contribution in [0.1, 0.15) is 17.0 Å². The van der Waals surface area contributed by atoms with Gasteiger partial charge in [-0.3, -0.25) is 18.3 Å². The van der Waals surface area contributed by atoms with E-state index in [1.165, 1.54) is 9.13 Å². The average molecular weight is 432 g/mol. The molecule has 0 saturated heterocycles. The quantitative estimate of drug-likeness (QED) is 0.465. The Morgan fingerprint density at radius 3 is 2.48 bits per heavy atom. The van der Waals surface area contributed by atoms with Gasteiger partial charge in [-0.05, 0) is 31.5 Å². The zero-order chi connectivity index (χ0) is 21.0. The number of aromatic nitrogens is 5. The van der Waals surface area contributed by atoms with Crippen LogP contribution < -0.4 is 11.2 Å². The summed E-state index contributed by atoms with van der Waals surface area (Å²) in [6.07, 6.45) is 1.77. The second-order valence-electron chi connectivity index (χ2n) is 6.97. The van der Waals surface area contributed by atoms with Gasteiger partial charge in [0.05, 0.1) is 16.6 Å². The maximum atomic E-state index is 13.4. The van der Waals surface area contributed by atoms with E-state index >= 15 is 0 Å². The Balaban J connectivity index is 2.04. The van der Waals surface area contributed by atoms with Gasteiger partial charge in [-0.1, -0.05) is 35.3 Å². The Morgan fingerprint density at radius 2 is 1.83 bits per heavy atom. The van der Waals surface area contributed by atoms with E-state index in [9.17, 15) is 9.59 Å². The van der Waals surface area contributed by atoms with Crippen molar-refractivity contribution in [2.75, 3.05) is 0 Å². The van der Waals surface area contributed by atoms with Crippen LogP contribution in [0.2, 0.25) is 10.0 Å². The van der Waals surface area contributed by atoms with Gasteiger partial charge in [-0.15, -0.1) is 6.58 Å². The molecule has 0 unspecified atom stereocenters. The minimum atomic E-state index is -0.445. The molecule has 7 nitrogen and oxygen atoms in total. The summed E-state index contributed by atoms with van der Waals surface area (Å²) in [6.45, 7) is 8.32. The fourth-order valence-corrected chi connectivity index (χ4v) is 3.94. The summed E-state index contributed by atoms with van der Waals surface area (Å²) in [7, 11) is 1.61. The fourth-order valence-electron chi connectivity index (χ4n) is 3.62. The topological polar surface area (TPSA) is 66.2 Å². The molecule has 1 aromatic carbocycles. The van der Waals surface area contributed by atoms with Gasteiger partial charge in [0, 0.05) is 25.0 Å². The van der Waals surface area contributed by atoms with Crippen LogP contribution >= 0.6 is 23.2 Å². The molecule has 9 heteroatoms. The highest BCUT2D eigenvalue weighted by atomic mass is 35.5. The molecule has 0 bridgehead atoms. The molecule has 0 amide bonds. The molecule has 0 saturated carbocycles. The van der Waals surface area contributed by atoms with Crippen LogP contribution in [-0.2, 0) is 20.1 Å². The molecule has 3 heterocycles. The average Bonchev–Trinajstić information content (AvgIpc) is 3.18. The summed E-state index contributed by atoms with van der Waals surface area (Å²) < 4.78 is 6.36. The molecule has 0 N–H and O–H groups in total. The third-order valence-electron chi connectivity index (χ3n) is 5.27. The maximum absolute atomic E-state index is 13.4. The number of rotatable bonds is 4. The van der Waals surface area contributed by atoms with Gasteiger partial charge in [0.15, 0.2) is 11.2 Å². The van der Waals surface area contributed by atoms with Crippen LogP contribution in [0.3, 0.4) is 0 Å². The summed E-state index contributed by atoms with van der Waals surface area (Å²) in [5, 5.41) is 0.785. The normalized spacial score (nSPS) is 11.6. The molecular formula is C20H19Cl2N5O2. The lowest BCUT2D eigenvalue weighted by Gasteiger charge is -2.09. The number of halogens is 2. The summed E-state index contributed by atoms with van der Waals surface area (Å²) >= 11 is 12.1. The molecule has 0 aliphatic rings. The molecule has 4 aromatic rings. The Hall–Kier alpha value is -2.77. The van der Waals surface area contributed by atoms with Crippen LogP contribution in [0.5, 0.6) is 0 Å². The van der Waals surface area contributed by atoms with Crippen molar-refractivity contribution < 1.29 is 0 Å². The Bertz CT molecular complexity index is 1420. The van der Waals surface area contributed by atoms with Crippen molar-refractivity contribution >= 4 is 40.1 Å². The highest BCUT2D eigenvalue weighted by Crippen LogP contribution is 2.23. The fraction of sp³-hybridized carbons (Fsp3) is 0.250. The molecule has 0 atom stereocenters. The smallest absolute Gasteiger partial charge is 0.310 e. The first-order valence-corrected chi connectivity index (χ1v) is 9.74. The minimum absolute atomic E-state index is 0.0803. The zero-order valence-corrected chi connectivity index (χ0v) is 17.8. The summed E-state index contributed by atoms with van der Waals surface area (Å²) in [4.78, 5) is 30.9. The number of nitrogens with zero attached hydrogens (tertiary/aromatic N) is 5. The number of imidazole rings is 2. The number of aryl methyl sites for hydroxylation is 2. The molecule has 0 spiro atoms. The van der Waals surface area contributed by atoms with Crippen LogP contribution in [-0.4, -0.2) is 23.1 Å². The van der Waals surface area contributed by atoms with Gasteiger partial charge in [0.2, 0.25) is 5.78 Å². The molecular weight excluding hydrogens is 413 g/mol. The number of hydrogen-bond acceptors (Lipinski definition) is 3. The summed E-state index contributed by atoms with van der Waals surface area (Å²) in [5.74, 6) is 0.606. The van der Waals surface area contributed by atoms with Crippen LogP contribution in [0, 0.1) is 13.8 Å². The summed E-state index contributed by atoms with van der Waals surface area (Å²) in [6, 6.07) is 5.04. The molecule has 0 aliphatic carbocycles. The van der Waals surface area contributed by atoms with Gasteiger partial charge in [0.25, 0.3) is 5.56 Å². The van der Waals surface area contributed by atoms with E-state index in [0.29, 0.717) is 39.1 Å². The lowest BCUT2D eigenvalue weighted by atomic mass is 10.2. The molecule has 3 aromatic heterocycles. The minimum Gasteiger partial charge on any atom is -0.310 e. The van der Waals surface area contributed by atoms with Gasteiger partial charge in [-0.2, -0.15) is 4.98 Å². The Morgan fingerprint density at radius 1 is 1.10 bits per heavy atom. The van der Waals surface area contributed by atoms with Crippen molar-refractivity contribution in [3.05, 3.63) is 78.7 Å². The first-order chi connectivity index (χ1) is 13.8. The van der Waals surface area contributed by atoms with E-state index in [1.54, 1.807) is 35.7 Å². The first-order valence-electron chi connectivity index (χ1n) is 8.98. The van der Waals surface area contributed by atoms with E-state index < -0.39 is 11.2 Å². The van der Waals surface area contributed by atoms with Crippen molar-refractivity contribution in [3.8, 4) is 0 Å². The van der Waals surface area contributed by atoms with Crippen molar-refractivity contribution in [2.45, 2.75) is 26.9 Å². The largest absolute Gasteiger partial charge is 0.332 e. The summed E-state index contributed by atoms with van der Waals surface area (Å²) in [5.41, 5.74) is 2.45. The molecule has 0 radical (unpaired) electrons. The predicted octanol–water partition coefficient (Wildman–Crippen LogP) is 3.31. The van der Waals surface area contributed by atoms with E-state index in [4.69, 9.17) is 23.2 Å². The van der Waals surface area contributed by atoms with Crippen molar-refractivity contribution in [2.24, 2.45) is 7.05 Å². The molecule has 4 rings (SSSR count). The zero-order valence-electron chi connectivity index (χ0n) is 16.2. The number of allylic oxidation sites excluding steroid dienone is 1. The van der Waals surface area contributed by atoms with E-state index in [1.807, 2.05) is 18.4 Å². The molecule has 29 heavy (non-hydrogen) atoms. The van der Waals surface area contributed by atoms with Gasteiger partial charge in [0.1, 0.15) is 0 Å². The Labute approximate surface area is 176 Å². The second kappa shape index (κ2) is 6.93. The van der Waals surface area contributed by atoms with Gasteiger partial charge >= 0.3 is 5.69 Å². The highest BCUT2D eigenvalue weighted by Gasteiger charge is 2.22. The standard InChI is InChI=1S/C20H19Cl2N5O2/c1-5-8-25-11(2)12(3)27-16-17(23-19(25)27)24(4)20(29)26(18(16)28)10-13-6-7-14(21)15(22)9-13/h5-7,9H,1,8,10H2,2-4H3. The van der Waals surface area contributed by atoms with Crippen molar-refractivity contribution in [1.82, 2.24) is 23.1 Å². The molecule has 0 fully saturated rings. The second-order valence-corrected chi connectivity index (χ2v) is 7.79.